The number of carbonyl (C=O) groups is 1. The van der Waals surface area contributed by atoms with Crippen LogP contribution in [0.25, 0.3) is 0 Å². The first-order chi connectivity index (χ1) is 6.56. The molecular formula is C9H18O5. The van der Waals surface area contributed by atoms with E-state index in [1.165, 1.54) is 19.3 Å². The molecule has 0 aromatic rings. The van der Waals surface area contributed by atoms with Gasteiger partial charge in [-0.25, -0.2) is 4.79 Å². The second-order valence-electron chi connectivity index (χ2n) is 3.66. The zero-order valence-electron chi connectivity index (χ0n) is 8.15. The van der Waals surface area contributed by atoms with Crippen LogP contribution in [0.3, 0.4) is 0 Å². The quantitative estimate of drug-likeness (QED) is 0.543. The molecule has 0 atom stereocenters. The van der Waals surface area contributed by atoms with Gasteiger partial charge < -0.3 is 20.4 Å². The van der Waals surface area contributed by atoms with Crippen molar-refractivity contribution in [1.82, 2.24) is 0 Å². The van der Waals surface area contributed by atoms with Crippen molar-refractivity contribution >= 4 is 6.16 Å². The highest BCUT2D eigenvalue weighted by Crippen LogP contribution is 2.34. The molecule has 0 amide bonds. The van der Waals surface area contributed by atoms with Gasteiger partial charge in [-0.1, -0.05) is 19.3 Å². The third-order valence-corrected chi connectivity index (χ3v) is 2.59. The van der Waals surface area contributed by atoms with Gasteiger partial charge in [-0.3, -0.25) is 0 Å². The fourth-order valence-electron chi connectivity index (χ4n) is 1.67. The van der Waals surface area contributed by atoms with Crippen LogP contribution in [-0.4, -0.2) is 39.8 Å². The third-order valence-electron chi connectivity index (χ3n) is 2.59. The van der Waals surface area contributed by atoms with Crippen molar-refractivity contribution in [3.05, 3.63) is 0 Å². The smallest absolute Gasteiger partial charge is 0.450 e. The summed E-state index contributed by atoms with van der Waals surface area (Å²) >= 11 is 0. The third kappa shape index (κ3) is 5.04. The highest BCUT2D eigenvalue weighted by Gasteiger charge is 2.30. The summed E-state index contributed by atoms with van der Waals surface area (Å²) < 4.78 is 0. The minimum Gasteiger partial charge on any atom is -0.450 e. The topological polar surface area (TPSA) is 98.0 Å². The highest BCUT2D eigenvalue weighted by molar-refractivity contribution is 5.53. The highest BCUT2D eigenvalue weighted by atomic mass is 16.6. The van der Waals surface area contributed by atoms with Crippen LogP contribution in [0, 0.1) is 5.41 Å². The van der Waals surface area contributed by atoms with E-state index in [1.807, 2.05) is 0 Å². The second-order valence-corrected chi connectivity index (χ2v) is 3.66. The summed E-state index contributed by atoms with van der Waals surface area (Å²) in [5.74, 6) is 0. The minimum atomic E-state index is -1.83. The maximum Gasteiger partial charge on any atom is 0.503 e. The molecule has 0 aromatic heterocycles. The molecule has 1 fully saturated rings. The van der Waals surface area contributed by atoms with Crippen molar-refractivity contribution in [2.24, 2.45) is 5.41 Å². The fourth-order valence-corrected chi connectivity index (χ4v) is 1.67. The van der Waals surface area contributed by atoms with E-state index in [9.17, 15) is 0 Å². The van der Waals surface area contributed by atoms with Crippen LogP contribution in [0.1, 0.15) is 32.1 Å². The summed E-state index contributed by atoms with van der Waals surface area (Å²) in [5, 5.41) is 31.9. The first-order valence-electron chi connectivity index (χ1n) is 4.70. The summed E-state index contributed by atoms with van der Waals surface area (Å²) in [4.78, 5) is 8.56. The standard InChI is InChI=1S/C8H16O2.CH2O3/c9-6-8(7-10)4-2-1-3-5-8;2-1(3)4/h9-10H,1-7H2;(H2,2,3,4). The van der Waals surface area contributed by atoms with Gasteiger partial charge in [0, 0.05) is 5.41 Å². The van der Waals surface area contributed by atoms with Crippen molar-refractivity contribution < 1.29 is 25.2 Å². The van der Waals surface area contributed by atoms with Gasteiger partial charge in [-0.15, -0.1) is 0 Å². The van der Waals surface area contributed by atoms with Gasteiger partial charge in [-0.05, 0) is 12.8 Å². The molecule has 0 radical (unpaired) electrons. The van der Waals surface area contributed by atoms with Gasteiger partial charge in [0.2, 0.25) is 0 Å². The van der Waals surface area contributed by atoms with Gasteiger partial charge in [0.05, 0.1) is 13.2 Å². The van der Waals surface area contributed by atoms with Crippen LogP contribution in [0.15, 0.2) is 0 Å². The van der Waals surface area contributed by atoms with Crippen LogP contribution in [0.5, 0.6) is 0 Å². The zero-order valence-corrected chi connectivity index (χ0v) is 8.15. The molecule has 0 saturated heterocycles. The molecule has 0 heterocycles. The Hall–Kier alpha value is -0.810. The normalized spacial score (nSPS) is 19.3. The van der Waals surface area contributed by atoms with Gasteiger partial charge in [0.1, 0.15) is 0 Å². The Morgan fingerprint density at radius 2 is 1.36 bits per heavy atom. The van der Waals surface area contributed by atoms with E-state index in [1.54, 1.807) is 0 Å². The molecule has 0 aliphatic heterocycles. The summed E-state index contributed by atoms with van der Waals surface area (Å²) in [6.45, 7) is 0.312. The molecule has 0 aromatic carbocycles. The lowest BCUT2D eigenvalue weighted by molar-refractivity contribution is 0.0234. The van der Waals surface area contributed by atoms with E-state index in [0.29, 0.717) is 0 Å². The molecule has 14 heavy (non-hydrogen) atoms. The van der Waals surface area contributed by atoms with E-state index < -0.39 is 6.16 Å². The SMILES string of the molecule is O=C(O)O.OCC1(CO)CCCCC1. The molecule has 1 aliphatic carbocycles. The first kappa shape index (κ1) is 13.2. The predicted molar refractivity (Wildman–Crippen MR) is 50.3 cm³/mol. The summed E-state index contributed by atoms with van der Waals surface area (Å²) in [5.41, 5.74) is -0.127. The Morgan fingerprint density at radius 3 is 1.57 bits per heavy atom. The number of hydrogen-bond donors (Lipinski definition) is 4. The van der Waals surface area contributed by atoms with Crippen LogP contribution in [0.2, 0.25) is 0 Å². The van der Waals surface area contributed by atoms with Crippen molar-refractivity contribution in [3.8, 4) is 0 Å². The molecule has 0 bridgehead atoms. The molecule has 5 heteroatoms. The maximum absolute atomic E-state index is 8.98. The fraction of sp³-hybridized carbons (Fsp3) is 0.889. The maximum atomic E-state index is 8.98. The lowest BCUT2D eigenvalue weighted by atomic mass is 9.75. The molecule has 5 nitrogen and oxygen atoms in total. The zero-order chi connectivity index (χ0) is 11.0. The van der Waals surface area contributed by atoms with Crippen LogP contribution in [0.4, 0.5) is 4.79 Å². The number of aliphatic hydroxyl groups excluding tert-OH is 2. The summed E-state index contributed by atoms with van der Waals surface area (Å²) in [6.07, 6.45) is 3.77. The van der Waals surface area contributed by atoms with E-state index in [-0.39, 0.29) is 18.6 Å². The van der Waals surface area contributed by atoms with E-state index in [0.717, 1.165) is 12.8 Å². The predicted octanol–water partition coefficient (Wildman–Crippen LogP) is 1.14. The van der Waals surface area contributed by atoms with Gasteiger partial charge in [-0.2, -0.15) is 0 Å². The molecule has 4 N–H and O–H groups in total. The van der Waals surface area contributed by atoms with Crippen molar-refractivity contribution in [2.75, 3.05) is 13.2 Å². The van der Waals surface area contributed by atoms with E-state index >= 15 is 0 Å². The first-order valence-corrected chi connectivity index (χ1v) is 4.70. The van der Waals surface area contributed by atoms with Crippen LogP contribution in [-0.2, 0) is 0 Å². The Morgan fingerprint density at radius 1 is 1.00 bits per heavy atom. The Balaban J connectivity index is 0.000000364. The lowest BCUT2D eigenvalue weighted by Gasteiger charge is -2.33. The lowest BCUT2D eigenvalue weighted by Crippen LogP contribution is -2.31. The molecule has 0 spiro atoms. The van der Waals surface area contributed by atoms with Crippen molar-refractivity contribution in [1.29, 1.82) is 0 Å². The summed E-state index contributed by atoms with van der Waals surface area (Å²) in [7, 11) is 0. The largest absolute Gasteiger partial charge is 0.503 e. The van der Waals surface area contributed by atoms with Crippen LogP contribution < -0.4 is 0 Å². The Bertz CT molecular complexity index is 153. The molecule has 1 aliphatic rings. The van der Waals surface area contributed by atoms with Crippen molar-refractivity contribution in [3.63, 3.8) is 0 Å². The molecule has 0 unspecified atom stereocenters. The van der Waals surface area contributed by atoms with Crippen molar-refractivity contribution in [2.45, 2.75) is 32.1 Å². The average molecular weight is 206 g/mol. The Kier molecular flexibility index (Phi) is 6.23. The van der Waals surface area contributed by atoms with E-state index in [2.05, 4.69) is 0 Å². The van der Waals surface area contributed by atoms with Gasteiger partial charge in [0.15, 0.2) is 0 Å². The number of aliphatic hydroxyl groups is 2. The summed E-state index contributed by atoms with van der Waals surface area (Å²) in [6, 6.07) is 0. The molecular weight excluding hydrogens is 188 g/mol. The number of rotatable bonds is 2. The molecule has 1 saturated carbocycles. The number of hydrogen-bond acceptors (Lipinski definition) is 3. The molecule has 1 rings (SSSR count). The second kappa shape index (κ2) is 6.62. The van der Waals surface area contributed by atoms with E-state index in [4.69, 9.17) is 25.2 Å². The number of carboxylic acid groups (broad SMARTS) is 2. The Labute approximate surface area is 83.0 Å². The average Bonchev–Trinajstić information content (AvgIpc) is 2.18. The monoisotopic (exact) mass is 206 g/mol. The van der Waals surface area contributed by atoms with Gasteiger partial charge in [0.25, 0.3) is 0 Å². The molecule has 84 valence electrons. The van der Waals surface area contributed by atoms with Crippen LogP contribution >= 0.6 is 0 Å². The van der Waals surface area contributed by atoms with Gasteiger partial charge >= 0.3 is 6.16 Å². The minimum absolute atomic E-state index is 0.127.